The van der Waals surface area contributed by atoms with Crippen LogP contribution in [0.3, 0.4) is 0 Å². The second-order valence-corrected chi connectivity index (χ2v) is 5.41. The molecule has 3 nitrogen and oxygen atoms in total. The van der Waals surface area contributed by atoms with Crippen LogP contribution in [0.25, 0.3) is 0 Å². The van der Waals surface area contributed by atoms with Gasteiger partial charge in [-0.05, 0) is 31.7 Å². The summed E-state index contributed by atoms with van der Waals surface area (Å²) in [4.78, 5) is 0.0751. The van der Waals surface area contributed by atoms with E-state index in [9.17, 15) is 8.42 Å². The van der Waals surface area contributed by atoms with Crippen molar-refractivity contribution in [3.05, 3.63) is 27.7 Å². The average Bonchev–Trinajstić information content (AvgIpc) is 2.01. The molecule has 0 aliphatic heterocycles. The smallest absolute Gasteiger partial charge is 0.214 e. The Bertz CT molecular complexity index is 433. The van der Waals surface area contributed by atoms with Gasteiger partial charge in [-0.25, -0.2) is 13.1 Å². The van der Waals surface area contributed by atoms with Crippen LogP contribution >= 0.6 is 23.2 Å². The molecule has 1 N–H and O–H groups in total. The van der Waals surface area contributed by atoms with Gasteiger partial charge >= 0.3 is 0 Å². The number of halogens is 2. The molecule has 0 amide bonds. The first-order valence-electron chi connectivity index (χ1n) is 3.77. The van der Waals surface area contributed by atoms with Crippen LogP contribution in [0.2, 0.25) is 10.0 Å². The maximum absolute atomic E-state index is 11.5. The summed E-state index contributed by atoms with van der Waals surface area (Å²) < 4.78 is 25.2. The van der Waals surface area contributed by atoms with E-state index in [2.05, 4.69) is 4.72 Å². The Labute approximate surface area is 93.1 Å². The molecule has 0 bridgehead atoms. The van der Waals surface area contributed by atoms with Crippen molar-refractivity contribution in [1.82, 2.24) is 4.72 Å². The fourth-order valence-electron chi connectivity index (χ4n) is 1.13. The first kappa shape index (κ1) is 11.8. The molecule has 0 radical (unpaired) electrons. The van der Waals surface area contributed by atoms with Crippen LogP contribution in [-0.2, 0) is 10.0 Å². The summed E-state index contributed by atoms with van der Waals surface area (Å²) in [5.74, 6) is 0. The number of benzene rings is 1. The van der Waals surface area contributed by atoms with E-state index in [1.54, 1.807) is 13.0 Å². The third-order valence-electron chi connectivity index (χ3n) is 1.73. The maximum Gasteiger partial charge on any atom is 0.242 e. The first-order chi connectivity index (χ1) is 6.38. The summed E-state index contributed by atoms with van der Waals surface area (Å²) in [5.41, 5.74) is 0.525. The Morgan fingerprint density at radius 1 is 1.29 bits per heavy atom. The number of hydrogen-bond donors (Lipinski definition) is 1. The Morgan fingerprint density at radius 2 is 1.86 bits per heavy atom. The van der Waals surface area contributed by atoms with E-state index in [0.29, 0.717) is 10.6 Å². The van der Waals surface area contributed by atoms with Crippen molar-refractivity contribution in [2.75, 3.05) is 7.05 Å². The third kappa shape index (κ3) is 2.20. The van der Waals surface area contributed by atoms with Gasteiger partial charge in [0.1, 0.15) is 4.90 Å². The molecule has 0 aromatic heterocycles. The van der Waals surface area contributed by atoms with E-state index < -0.39 is 10.0 Å². The van der Waals surface area contributed by atoms with Crippen LogP contribution in [0.5, 0.6) is 0 Å². The van der Waals surface area contributed by atoms with E-state index in [-0.39, 0.29) is 9.92 Å². The van der Waals surface area contributed by atoms with E-state index in [1.807, 2.05) is 0 Å². The van der Waals surface area contributed by atoms with Gasteiger partial charge in [0.2, 0.25) is 10.0 Å². The van der Waals surface area contributed by atoms with Crippen LogP contribution in [0.1, 0.15) is 5.56 Å². The lowest BCUT2D eigenvalue weighted by molar-refractivity contribution is 0.587. The van der Waals surface area contributed by atoms with Crippen LogP contribution in [-0.4, -0.2) is 15.5 Å². The number of hydrogen-bond acceptors (Lipinski definition) is 2. The number of rotatable bonds is 2. The zero-order valence-corrected chi connectivity index (χ0v) is 9.96. The van der Waals surface area contributed by atoms with Crippen molar-refractivity contribution in [2.45, 2.75) is 11.8 Å². The lowest BCUT2D eigenvalue weighted by atomic mass is 10.2. The first-order valence-corrected chi connectivity index (χ1v) is 6.01. The molecule has 0 aliphatic rings. The van der Waals surface area contributed by atoms with Gasteiger partial charge in [-0.1, -0.05) is 23.2 Å². The molecule has 0 atom stereocenters. The fraction of sp³-hybridized carbons (Fsp3) is 0.250. The molecule has 1 rings (SSSR count). The van der Waals surface area contributed by atoms with E-state index in [0.717, 1.165) is 0 Å². The van der Waals surface area contributed by atoms with Crippen molar-refractivity contribution in [1.29, 1.82) is 0 Å². The van der Waals surface area contributed by atoms with Crippen LogP contribution < -0.4 is 4.72 Å². The van der Waals surface area contributed by atoms with Crippen LogP contribution in [0.15, 0.2) is 17.0 Å². The largest absolute Gasteiger partial charge is 0.242 e. The van der Waals surface area contributed by atoms with Gasteiger partial charge < -0.3 is 0 Å². The van der Waals surface area contributed by atoms with E-state index >= 15 is 0 Å². The normalized spacial score (nSPS) is 11.7. The van der Waals surface area contributed by atoms with Gasteiger partial charge in [-0.2, -0.15) is 0 Å². The van der Waals surface area contributed by atoms with Gasteiger partial charge in [0, 0.05) is 5.02 Å². The molecule has 1 aromatic carbocycles. The molecule has 0 heterocycles. The molecule has 0 aliphatic carbocycles. The Morgan fingerprint density at radius 3 is 2.29 bits per heavy atom. The molecular weight excluding hydrogens is 245 g/mol. The van der Waals surface area contributed by atoms with Crippen molar-refractivity contribution in [2.24, 2.45) is 0 Å². The second-order valence-electron chi connectivity index (χ2n) is 2.74. The van der Waals surface area contributed by atoms with Crippen LogP contribution in [0.4, 0.5) is 0 Å². The van der Waals surface area contributed by atoms with Crippen molar-refractivity contribution >= 4 is 33.2 Å². The summed E-state index contributed by atoms with van der Waals surface area (Å²) in [6, 6.07) is 2.96. The zero-order chi connectivity index (χ0) is 10.9. The fourth-order valence-corrected chi connectivity index (χ4v) is 3.03. The summed E-state index contributed by atoms with van der Waals surface area (Å²) in [7, 11) is -2.18. The van der Waals surface area contributed by atoms with Gasteiger partial charge in [0.25, 0.3) is 0 Å². The summed E-state index contributed by atoms with van der Waals surface area (Å²) >= 11 is 11.5. The highest BCUT2D eigenvalue weighted by atomic mass is 35.5. The number of aryl methyl sites for hydroxylation is 1. The minimum Gasteiger partial charge on any atom is -0.214 e. The summed E-state index contributed by atoms with van der Waals surface area (Å²) in [5, 5.41) is 0.548. The standard InChI is InChI=1S/C8H9Cl2NO2S/c1-5-3-6(9)4-7(10)8(5)14(12,13)11-2/h3-4,11H,1-2H3. The van der Waals surface area contributed by atoms with Crippen molar-refractivity contribution in [3.8, 4) is 0 Å². The maximum atomic E-state index is 11.5. The highest BCUT2D eigenvalue weighted by molar-refractivity contribution is 7.89. The lowest BCUT2D eigenvalue weighted by Gasteiger charge is -2.08. The molecule has 78 valence electrons. The SMILES string of the molecule is CNS(=O)(=O)c1c(C)cc(Cl)cc1Cl. The van der Waals surface area contributed by atoms with Crippen LogP contribution in [0, 0.1) is 6.92 Å². The van der Waals surface area contributed by atoms with Gasteiger partial charge in [-0.3, -0.25) is 0 Å². The van der Waals surface area contributed by atoms with Crippen molar-refractivity contribution in [3.63, 3.8) is 0 Å². The summed E-state index contributed by atoms with van der Waals surface area (Å²) in [6.45, 7) is 1.64. The van der Waals surface area contributed by atoms with Gasteiger partial charge in [0.15, 0.2) is 0 Å². The van der Waals surface area contributed by atoms with Crippen molar-refractivity contribution < 1.29 is 8.42 Å². The Balaban J connectivity index is 3.51. The minimum atomic E-state index is -3.52. The lowest BCUT2D eigenvalue weighted by Crippen LogP contribution is -2.20. The molecular formula is C8H9Cl2NO2S. The molecule has 0 unspecified atom stereocenters. The Kier molecular flexibility index (Phi) is 3.42. The average molecular weight is 254 g/mol. The second kappa shape index (κ2) is 4.06. The summed E-state index contributed by atoms with van der Waals surface area (Å²) in [6.07, 6.45) is 0. The molecule has 1 aromatic rings. The predicted molar refractivity (Wildman–Crippen MR) is 57.4 cm³/mol. The van der Waals surface area contributed by atoms with E-state index in [1.165, 1.54) is 13.1 Å². The molecule has 0 fully saturated rings. The number of sulfonamides is 1. The highest BCUT2D eigenvalue weighted by Crippen LogP contribution is 2.28. The highest BCUT2D eigenvalue weighted by Gasteiger charge is 2.18. The number of nitrogens with one attached hydrogen (secondary N) is 1. The molecule has 14 heavy (non-hydrogen) atoms. The predicted octanol–water partition coefficient (Wildman–Crippen LogP) is 2.21. The monoisotopic (exact) mass is 253 g/mol. The quantitative estimate of drug-likeness (QED) is 0.879. The van der Waals surface area contributed by atoms with E-state index in [4.69, 9.17) is 23.2 Å². The Hall–Kier alpha value is -0.290. The van der Waals surface area contributed by atoms with Gasteiger partial charge in [-0.15, -0.1) is 0 Å². The minimum absolute atomic E-state index is 0.0751. The topological polar surface area (TPSA) is 46.2 Å². The molecule has 6 heteroatoms. The molecule has 0 spiro atoms. The third-order valence-corrected chi connectivity index (χ3v) is 3.98. The zero-order valence-electron chi connectivity index (χ0n) is 7.64. The molecule has 0 saturated carbocycles. The van der Waals surface area contributed by atoms with Gasteiger partial charge in [0.05, 0.1) is 5.02 Å². The molecule has 0 saturated heterocycles.